The van der Waals surface area contributed by atoms with E-state index in [9.17, 15) is 0 Å². The van der Waals surface area contributed by atoms with Gasteiger partial charge in [-0.05, 0) is 5.21 Å². The van der Waals surface area contributed by atoms with E-state index in [0.29, 0.717) is 12.4 Å². The summed E-state index contributed by atoms with van der Waals surface area (Å²) >= 11 is 0. The van der Waals surface area contributed by atoms with Gasteiger partial charge in [0.25, 0.3) is 0 Å². The molecule has 1 aromatic rings. The van der Waals surface area contributed by atoms with Crippen molar-refractivity contribution in [3.63, 3.8) is 0 Å². The molecule has 0 saturated heterocycles. The Balaban J connectivity index is 2.81. The fourth-order valence-electron chi connectivity index (χ4n) is 0.567. The molecule has 10 heavy (non-hydrogen) atoms. The van der Waals surface area contributed by atoms with Crippen LogP contribution in [0.15, 0.2) is 6.20 Å². The maximum Gasteiger partial charge on any atom is 0.155 e. The molecule has 0 aromatic carbocycles. The zero-order valence-electron chi connectivity index (χ0n) is 5.61. The highest BCUT2D eigenvalue weighted by molar-refractivity contribution is 5.34. The second-order valence-corrected chi connectivity index (χ2v) is 1.78. The van der Waals surface area contributed by atoms with E-state index in [2.05, 4.69) is 15.4 Å². The van der Waals surface area contributed by atoms with E-state index < -0.39 is 0 Å². The lowest BCUT2D eigenvalue weighted by Crippen LogP contribution is -2.01. The van der Waals surface area contributed by atoms with Gasteiger partial charge in [-0.3, -0.25) is 0 Å². The van der Waals surface area contributed by atoms with Gasteiger partial charge in [-0.15, -0.1) is 10.2 Å². The van der Waals surface area contributed by atoms with Crippen molar-refractivity contribution in [2.45, 2.75) is 6.61 Å². The molecule has 0 unspecified atom stereocenters. The summed E-state index contributed by atoms with van der Waals surface area (Å²) in [6, 6.07) is 0. The number of hydrogen-bond donors (Lipinski definition) is 1. The predicted molar refractivity (Wildman–Crippen MR) is 35.0 cm³/mol. The summed E-state index contributed by atoms with van der Waals surface area (Å²) < 4.78 is 4.82. The molecule has 0 aliphatic heterocycles. The zero-order chi connectivity index (χ0) is 7.40. The topological polar surface area (TPSA) is 73.9 Å². The highest BCUT2D eigenvalue weighted by Gasteiger charge is 1.97. The molecule has 0 amide bonds. The number of hydrogen-bond acceptors (Lipinski definition) is 5. The van der Waals surface area contributed by atoms with Crippen molar-refractivity contribution in [2.75, 3.05) is 12.8 Å². The average Bonchev–Trinajstić information content (AvgIpc) is 1.94. The summed E-state index contributed by atoms with van der Waals surface area (Å²) in [5, 5.41) is 10.4. The van der Waals surface area contributed by atoms with Gasteiger partial charge >= 0.3 is 0 Å². The first-order valence-electron chi connectivity index (χ1n) is 2.76. The average molecular weight is 140 g/mol. The predicted octanol–water partition coefficient (Wildman–Crippen LogP) is -0.400. The van der Waals surface area contributed by atoms with Crippen molar-refractivity contribution >= 4 is 5.82 Å². The number of ether oxygens (including phenoxy) is 1. The van der Waals surface area contributed by atoms with Crippen molar-refractivity contribution < 1.29 is 4.74 Å². The molecular weight excluding hydrogens is 132 g/mol. The number of nitrogens with two attached hydrogens (primary N) is 1. The molecule has 54 valence electrons. The summed E-state index contributed by atoms with van der Waals surface area (Å²) in [4.78, 5) is 0. The number of rotatable bonds is 2. The first kappa shape index (κ1) is 6.88. The Kier molecular flexibility index (Phi) is 2.11. The molecule has 0 aliphatic carbocycles. The quantitative estimate of drug-likeness (QED) is 0.605. The largest absolute Gasteiger partial charge is 0.382 e. The smallest absolute Gasteiger partial charge is 0.155 e. The van der Waals surface area contributed by atoms with Gasteiger partial charge in [-0.1, -0.05) is 0 Å². The van der Waals surface area contributed by atoms with Gasteiger partial charge in [0.05, 0.1) is 12.8 Å². The number of nitrogens with zero attached hydrogens (tertiary/aromatic N) is 3. The minimum Gasteiger partial charge on any atom is -0.382 e. The van der Waals surface area contributed by atoms with E-state index >= 15 is 0 Å². The van der Waals surface area contributed by atoms with Gasteiger partial charge in [0, 0.05) is 12.7 Å². The van der Waals surface area contributed by atoms with Gasteiger partial charge in [0.1, 0.15) is 0 Å². The molecule has 0 radical (unpaired) electrons. The van der Waals surface area contributed by atoms with Gasteiger partial charge < -0.3 is 10.5 Å². The van der Waals surface area contributed by atoms with Crippen LogP contribution in [0.3, 0.4) is 0 Å². The van der Waals surface area contributed by atoms with Crippen molar-refractivity contribution in [1.82, 2.24) is 15.4 Å². The third-order valence-electron chi connectivity index (χ3n) is 1.05. The maximum absolute atomic E-state index is 5.41. The lowest BCUT2D eigenvalue weighted by molar-refractivity contribution is 0.184. The Morgan fingerprint density at radius 1 is 1.70 bits per heavy atom. The Bertz CT molecular complexity index is 215. The highest BCUT2D eigenvalue weighted by Crippen LogP contribution is 2.03. The fourth-order valence-corrected chi connectivity index (χ4v) is 0.567. The summed E-state index contributed by atoms with van der Waals surface area (Å²) in [5.41, 5.74) is 6.17. The monoisotopic (exact) mass is 140 g/mol. The standard InChI is InChI=1S/C5H8N4O/c1-10-3-4-2-7-9-8-5(4)6/h2H,3H2,1H3,(H2,6,7,8). The normalized spacial score (nSPS) is 9.70. The van der Waals surface area contributed by atoms with Crippen LogP contribution in [0.1, 0.15) is 5.56 Å². The molecule has 5 nitrogen and oxygen atoms in total. The summed E-state index contributed by atoms with van der Waals surface area (Å²) in [7, 11) is 1.58. The minimum absolute atomic E-state index is 0.372. The minimum atomic E-state index is 0.372. The van der Waals surface area contributed by atoms with Gasteiger partial charge in [0.2, 0.25) is 0 Å². The van der Waals surface area contributed by atoms with Crippen LogP contribution < -0.4 is 5.73 Å². The molecular formula is C5H8N4O. The highest BCUT2D eigenvalue weighted by atomic mass is 16.5. The molecule has 1 rings (SSSR count). The maximum atomic E-state index is 5.41. The molecule has 2 N–H and O–H groups in total. The lowest BCUT2D eigenvalue weighted by atomic mass is 10.3. The van der Waals surface area contributed by atoms with E-state index in [-0.39, 0.29) is 0 Å². The Morgan fingerprint density at radius 3 is 3.10 bits per heavy atom. The first-order chi connectivity index (χ1) is 4.84. The number of methoxy groups -OCH3 is 1. The molecule has 0 spiro atoms. The van der Waals surface area contributed by atoms with Crippen LogP contribution in [0.2, 0.25) is 0 Å². The molecule has 0 fully saturated rings. The van der Waals surface area contributed by atoms with Crippen LogP contribution in [-0.4, -0.2) is 22.5 Å². The first-order valence-corrected chi connectivity index (χ1v) is 2.76. The number of anilines is 1. The second kappa shape index (κ2) is 3.07. The zero-order valence-corrected chi connectivity index (χ0v) is 5.61. The van der Waals surface area contributed by atoms with Crippen LogP contribution in [0, 0.1) is 0 Å². The van der Waals surface area contributed by atoms with Crippen molar-refractivity contribution in [3.05, 3.63) is 11.8 Å². The van der Waals surface area contributed by atoms with E-state index in [1.165, 1.54) is 6.20 Å². The third-order valence-corrected chi connectivity index (χ3v) is 1.05. The summed E-state index contributed by atoms with van der Waals surface area (Å²) in [6.07, 6.45) is 1.53. The Morgan fingerprint density at radius 2 is 2.50 bits per heavy atom. The molecule has 1 heterocycles. The number of aromatic nitrogens is 3. The van der Waals surface area contributed by atoms with Crippen LogP contribution >= 0.6 is 0 Å². The number of nitrogen functional groups attached to an aromatic ring is 1. The molecule has 0 atom stereocenters. The summed E-state index contributed by atoms with van der Waals surface area (Å²) in [5.74, 6) is 0.372. The van der Waals surface area contributed by atoms with E-state index in [1.54, 1.807) is 7.11 Å². The Hall–Kier alpha value is -1.23. The SMILES string of the molecule is COCc1cnnnc1N. The van der Waals surface area contributed by atoms with Crippen LogP contribution in [0.5, 0.6) is 0 Å². The van der Waals surface area contributed by atoms with Crippen molar-refractivity contribution in [1.29, 1.82) is 0 Å². The summed E-state index contributed by atoms with van der Waals surface area (Å²) in [6.45, 7) is 0.425. The van der Waals surface area contributed by atoms with Crippen molar-refractivity contribution in [2.24, 2.45) is 0 Å². The van der Waals surface area contributed by atoms with E-state index in [0.717, 1.165) is 5.56 Å². The molecule has 0 bridgehead atoms. The van der Waals surface area contributed by atoms with Gasteiger partial charge in [-0.2, -0.15) is 0 Å². The molecule has 0 saturated carbocycles. The van der Waals surface area contributed by atoms with Gasteiger partial charge in [0.15, 0.2) is 5.82 Å². The van der Waals surface area contributed by atoms with Gasteiger partial charge in [-0.25, -0.2) is 0 Å². The van der Waals surface area contributed by atoms with E-state index in [4.69, 9.17) is 10.5 Å². The van der Waals surface area contributed by atoms with Crippen LogP contribution in [0.4, 0.5) is 5.82 Å². The third kappa shape index (κ3) is 1.38. The van der Waals surface area contributed by atoms with Crippen LogP contribution in [-0.2, 0) is 11.3 Å². The second-order valence-electron chi connectivity index (χ2n) is 1.78. The molecule has 1 aromatic heterocycles. The lowest BCUT2D eigenvalue weighted by Gasteiger charge is -1.98. The Labute approximate surface area is 58.2 Å². The van der Waals surface area contributed by atoms with Crippen molar-refractivity contribution in [3.8, 4) is 0 Å². The molecule has 0 aliphatic rings. The van der Waals surface area contributed by atoms with Crippen LogP contribution in [0.25, 0.3) is 0 Å². The van der Waals surface area contributed by atoms with E-state index in [1.807, 2.05) is 0 Å². The molecule has 5 heteroatoms. The fraction of sp³-hybridized carbons (Fsp3) is 0.400.